The van der Waals surface area contributed by atoms with Gasteiger partial charge in [-0.05, 0) is 23.8 Å². The van der Waals surface area contributed by atoms with Gasteiger partial charge >= 0.3 is 5.97 Å². The SMILES string of the molecule is CCS(=O)(=O)c1ccccc1C(=O)OCC(=O)N(C)Cc1ccccc1Br. The van der Waals surface area contributed by atoms with Gasteiger partial charge < -0.3 is 9.64 Å². The van der Waals surface area contributed by atoms with Crippen LogP contribution in [0.1, 0.15) is 22.8 Å². The van der Waals surface area contributed by atoms with Crippen LogP contribution < -0.4 is 0 Å². The van der Waals surface area contributed by atoms with Crippen LogP contribution in [0.3, 0.4) is 0 Å². The van der Waals surface area contributed by atoms with E-state index < -0.39 is 28.3 Å². The average Bonchev–Trinajstić information content (AvgIpc) is 2.67. The lowest BCUT2D eigenvalue weighted by molar-refractivity contribution is -0.133. The van der Waals surface area contributed by atoms with Crippen LogP contribution >= 0.6 is 15.9 Å². The zero-order valence-corrected chi connectivity index (χ0v) is 17.4. The third-order valence-corrected chi connectivity index (χ3v) is 6.50. The highest BCUT2D eigenvalue weighted by Gasteiger charge is 2.22. The van der Waals surface area contributed by atoms with Gasteiger partial charge in [-0.25, -0.2) is 13.2 Å². The van der Waals surface area contributed by atoms with Crippen LogP contribution in [0.2, 0.25) is 0 Å². The molecule has 2 rings (SSSR count). The van der Waals surface area contributed by atoms with Gasteiger partial charge in [0, 0.05) is 18.1 Å². The molecule has 0 heterocycles. The van der Waals surface area contributed by atoms with Crippen LogP contribution in [-0.4, -0.2) is 44.6 Å². The fourth-order valence-electron chi connectivity index (χ4n) is 2.35. The largest absolute Gasteiger partial charge is 0.452 e. The monoisotopic (exact) mass is 453 g/mol. The van der Waals surface area contributed by atoms with Crippen LogP contribution in [0.25, 0.3) is 0 Å². The Hall–Kier alpha value is -2.19. The van der Waals surface area contributed by atoms with Crippen molar-refractivity contribution in [3.8, 4) is 0 Å². The number of amides is 1. The highest BCUT2D eigenvalue weighted by atomic mass is 79.9. The normalized spacial score (nSPS) is 11.1. The van der Waals surface area contributed by atoms with Gasteiger partial charge in [0.2, 0.25) is 0 Å². The number of ether oxygens (including phenoxy) is 1. The second-order valence-electron chi connectivity index (χ2n) is 5.82. The molecule has 0 spiro atoms. The molecule has 8 heteroatoms. The smallest absolute Gasteiger partial charge is 0.339 e. The molecular formula is C19H20BrNO5S. The molecule has 0 aliphatic rings. The van der Waals surface area contributed by atoms with Crippen molar-refractivity contribution in [1.82, 2.24) is 4.90 Å². The molecule has 144 valence electrons. The van der Waals surface area contributed by atoms with Crippen molar-refractivity contribution in [2.75, 3.05) is 19.4 Å². The van der Waals surface area contributed by atoms with Gasteiger partial charge in [-0.3, -0.25) is 4.79 Å². The number of carbonyl (C=O) groups excluding carboxylic acids is 2. The van der Waals surface area contributed by atoms with E-state index in [1.54, 1.807) is 13.1 Å². The zero-order valence-electron chi connectivity index (χ0n) is 15.0. The van der Waals surface area contributed by atoms with Crippen LogP contribution in [0.15, 0.2) is 57.9 Å². The predicted octanol–water partition coefficient (Wildman–Crippen LogP) is 3.06. The number of sulfone groups is 1. The lowest BCUT2D eigenvalue weighted by Crippen LogP contribution is -2.31. The molecule has 0 unspecified atom stereocenters. The number of rotatable bonds is 7. The summed E-state index contributed by atoms with van der Waals surface area (Å²) in [5.74, 6) is -1.37. The van der Waals surface area contributed by atoms with Gasteiger partial charge in [0.15, 0.2) is 16.4 Å². The van der Waals surface area contributed by atoms with Crippen molar-refractivity contribution in [1.29, 1.82) is 0 Å². The molecule has 0 aliphatic carbocycles. The van der Waals surface area contributed by atoms with E-state index in [2.05, 4.69) is 15.9 Å². The third-order valence-electron chi connectivity index (χ3n) is 3.94. The molecule has 0 radical (unpaired) electrons. The molecule has 6 nitrogen and oxygen atoms in total. The number of halogens is 1. The van der Waals surface area contributed by atoms with Crippen molar-refractivity contribution < 1.29 is 22.7 Å². The number of esters is 1. The topological polar surface area (TPSA) is 80.7 Å². The Labute approximate surface area is 167 Å². The molecule has 0 aromatic heterocycles. The van der Waals surface area contributed by atoms with Gasteiger partial charge in [-0.15, -0.1) is 0 Å². The first-order valence-corrected chi connectivity index (χ1v) is 10.7. The highest BCUT2D eigenvalue weighted by Crippen LogP contribution is 2.19. The van der Waals surface area contributed by atoms with E-state index >= 15 is 0 Å². The highest BCUT2D eigenvalue weighted by molar-refractivity contribution is 9.10. The first-order valence-electron chi connectivity index (χ1n) is 8.22. The van der Waals surface area contributed by atoms with Gasteiger partial charge in [0.05, 0.1) is 16.2 Å². The molecule has 0 saturated heterocycles. The lowest BCUT2D eigenvalue weighted by atomic mass is 10.2. The second kappa shape index (κ2) is 9.14. The molecule has 0 aliphatic heterocycles. The fraction of sp³-hybridized carbons (Fsp3) is 0.263. The summed E-state index contributed by atoms with van der Waals surface area (Å²) in [4.78, 5) is 25.9. The number of hydrogen-bond donors (Lipinski definition) is 0. The minimum absolute atomic E-state index is 0.0689. The quantitative estimate of drug-likeness (QED) is 0.601. The molecule has 0 saturated carbocycles. The maximum atomic E-state index is 12.3. The molecule has 1 amide bonds. The third kappa shape index (κ3) is 5.40. The number of hydrogen-bond acceptors (Lipinski definition) is 5. The number of likely N-dealkylation sites (N-methyl/N-ethyl adjacent to an activating group) is 1. The maximum absolute atomic E-state index is 12.3. The van der Waals surface area contributed by atoms with Crippen molar-refractivity contribution in [3.63, 3.8) is 0 Å². The van der Waals surface area contributed by atoms with Crippen molar-refractivity contribution >= 4 is 37.6 Å². The Morgan fingerprint density at radius 3 is 2.37 bits per heavy atom. The molecular weight excluding hydrogens is 434 g/mol. The van der Waals surface area contributed by atoms with Gasteiger partial charge in [0.1, 0.15) is 0 Å². The minimum Gasteiger partial charge on any atom is -0.452 e. The molecule has 2 aromatic carbocycles. The molecule has 27 heavy (non-hydrogen) atoms. The van der Waals surface area contributed by atoms with Crippen molar-refractivity contribution in [3.05, 3.63) is 64.1 Å². The Kier molecular flexibility index (Phi) is 7.15. The summed E-state index contributed by atoms with van der Waals surface area (Å²) in [6.45, 7) is 1.37. The Balaban J connectivity index is 2.04. The van der Waals surface area contributed by atoms with E-state index in [0.29, 0.717) is 6.54 Å². The van der Waals surface area contributed by atoms with Gasteiger partial charge in [-0.1, -0.05) is 53.2 Å². The molecule has 0 fully saturated rings. The van der Waals surface area contributed by atoms with Crippen LogP contribution in [0, 0.1) is 0 Å². The second-order valence-corrected chi connectivity index (χ2v) is 8.92. The molecule has 0 N–H and O–H groups in total. The average molecular weight is 454 g/mol. The van der Waals surface area contributed by atoms with Crippen LogP contribution in [-0.2, 0) is 25.9 Å². The van der Waals surface area contributed by atoms with E-state index in [0.717, 1.165) is 10.0 Å². The Morgan fingerprint density at radius 2 is 1.70 bits per heavy atom. The summed E-state index contributed by atoms with van der Waals surface area (Å²) >= 11 is 3.42. The van der Waals surface area contributed by atoms with E-state index in [9.17, 15) is 18.0 Å². The predicted molar refractivity (Wildman–Crippen MR) is 105 cm³/mol. The first kappa shape index (κ1) is 21.1. The maximum Gasteiger partial charge on any atom is 0.339 e. The summed E-state index contributed by atoms with van der Waals surface area (Å²) in [6.07, 6.45) is 0. The van der Waals surface area contributed by atoms with Crippen molar-refractivity contribution in [2.45, 2.75) is 18.4 Å². The Morgan fingerprint density at radius 1 is 1.07 bits per heavy atom. The number of carbonyl (C=O) groups is 2. The number of nitrogens with zero attached hydrogens (tertiary/aromatic N) is 1. The zero-order chi connectivity index (χ0) is 20.0. The number of benzene rings is 2. The molecule has 2 aromatic rings. The summed E-state index contributed by atoms with van der Waals surface area (Å²) in [5, 5.41) is 0. The molecule has 0 bridgehead atoms. The van der Waals surface area contributed by atoms with E-state index in [1.807, 2.05) is 24.3 Å². The van der Waals surface area contributed by atoms with E-state index in [4.69, 9.17) is 4.74 Å². The van der Waals surface area contributed by atoms with E-state index in [-0.39, 0.29) is 16.2 Å². The van der Waals surface area contributed by atoms with Gasteiger partial charge in [0.25, 0.3) is 5.91 Å². The van der Waals surface area contributed by atoms with Gasteiger partial charge in [-0.2, -0.15) is 0 Å². The fourth-order valence-corrected chi connectivity index (χ4v) is 3.84. The standard InChI is InChI=1S/C19H20BrNO5S/c1-3-27(24,25)17-11-7-5-9-15(17)19(23)26-13-18(22)21(2)12-14-8-4-6-10-16(14)20/h4-11H,3,12-13H2,1-2H3. The van der Waals surface area contributed by atoms with Crippen LogP contribution in [0.5, 0.6) is 0 Å². The summed E-state index contributed by atoms with van der Waals surface area (Å²) < 4.78 is 30.2. The first-order chi connectivity index (χ1) is 12.8. The van der Waals surface area contributed by atoms with Crippen LogP contribution in [0.4, 0.5) is 0 Å². The van der Waals surface area contributed by atoms with Crippen molar-refractivity contribution in [2.24, 2.45) is 0 Å². The minimum atomic E-state index is -3.58. The molecule has 0 atom stereocenters. The lowest BCUT2D eigenvalue weighted by Gasteiger charge is -2.18. The summed E-state index contributed by atoms with van der Waals surface area (Å²) in [7, 11) is -1.97. The Bertz CT molecular complexity index is 943. The summed E-state index contributed by atoms with van der Waals surface area (Å²) in [5.41, 5.74) is 0.847. The van der Waals surface area contributed by atoms with E-state index in [1.165, 1.54) is 30.0 Å². The summed E-state index contributed by atoms with van der Waals surface area (Å²) in [6, 6.07) is 13.3.